The highest BCUT2D eigenvalue weighted by molar-refractivity contribution is 5.59. The van der Waals surface area contributed by atoms with Crippen LogP contribution >= 0.6 is 0 Å². The van der Waals surface area contributed by atoms with E-state index in [4.69, 9.17) is 5.73 Å². The molecular weight excluding hydrogens is 279 g/mol. The lowest BCUT2D eigenvalue weighted by atomic mass is 10.1. The summed E-state index contributed by atoms with van der Waals surface area (Å²) >= 11 is 0. The Morgan fingerprint density at radius 2 is 1.67 bits per heavy atom. The van der Waals surface area contributed by atoms with Crippen molar-refractivity contribution in [3.05, 3.63) is 53.1 Å². The van der Waals surface area contributed by atoms with Crippen molar-refractivity contribution < 1.29 is 13.2 Å². The second-order valence-electron chi connectivity index (χ2n) is 4.74. The smallest absolute Gasteiger partial charge is 0.399 e. The SMILES string of the molecule is Cc1cc(N=Nc2cccc(C(F)(F)F)c2)c(C)cc1N. The van der Waals surface area contributed by atoms with Gasteiger partial charge >= 0.3 is 6.18 Å². The van der Waals surface area contributed by atoms with Crippen molar-refractivity contribution in [3.8, 4) is 0 Å². The highest BCUT2D eigenvalue weighted by Gasteiger charge is 2.30. The Kier molecular flexibility index (Phi) is 3.97. The lowest BCUT2D eigenvalue weighted by molar-refractivity contribution is -0.137. The third-order valence-corrected chi connectivity index (χ3v) is 3.03. The summed E-state index contributed by atoms with van der Waals surface area (Å²) in [4.78, 5) is 0. The molecule has 0 saturated heterocycles. The van der Waals surface area contributed by atoms with Crippen molar-refractivity contribution in [2.24, 2.45) is 10.2 Å². The minimum absolute atomic E-state index is 0.152. The van der Waals surface area contributed by atoms with Crippen molar-refractivity contribution in [1.82, 2.24) is 0 Å². The zero-order chi connectivity index (χ0) is 15.6. The molecule has 0 aliphatic heterocycles. The number of nitrogen functional groups attached to an aromatic ring is 1. The fraction of sp³-hybridized carbons (Fsp3) is 0.200. The van der Waals surface area contributed by atoms with Gasteiger partial charge in [0.2, 0.25) is 0 Å². The maximum atomic E-state index is 12.6. The van der Waals surface area contributed by atoms with Gasteiger partial charge in [0.1, 0.15) is 0 Å². The molecule has 0 aromatic heterocycles. The van der Waals surface area contributed by atoms with Gasteiger partial charge in [-0.25, -0.2) is 0 Å². The zero-order valence-corrected chi connectivity index (χ0v) is 11.6. The fourth-order valence-electron chi connectivity index (χ4n) is 1.79. The van der Waals surface area contributed by atoms with Gasteiger partial charge in [0.15, 0.2) is 0 Å². The summed E-state index contributed by atoms with van der Waals surface area (Å²) in [5.41, 5.74) is 8.06. The van der Waals surface area contributed by atoms with Crippen molar-refractivity contribution >= 4 is 17.1 Å². The molecule has 2 aromatic rings. The molecule has 0 heterocycles. The topological polar surface area (TPSA) is 50.7 Å². The number of anilines is 1. The summed E-state index contributed by atoms with van der Waals surface area (Å²) in [6.07, 6.45) is -4.39. The standard InChI is InChI=1S/C15H14F3N3/c1-9-7-14(10(2)6-13(9)19)21-20-12-5-3-4-11(8-12)15(16,17)18/h3-8H,19H2,1-2H3. The number of benzene rings is 2. The average Bonchev–Trinajstić information content (AvgIpc) is 2.41. The highest BCUT2D eigenvalue weighted by atomic mass is 19.4. The maximum absolute atomic E-state index is 12.6. The Balaban J connectivity index is 2.32. The minimum Gasteiger partial charge on any atom is -0.399 e. The van der Waals surface area contributed by atoms with Crippen LogP contribution in [0, 0.1) is 13.8 Å². The molecule has 3 nitrogen and oxygen atoms in total. The number of nitrogens with zero attached hydrogens (tertiary/aromatic N) is 2. The second-order valence-corrected chi connectivity index (χ2v) is 4.74. The number of rotatable bonds is 2. The molecule has 110 valence electrons. The first-order valence-electron chi connectivity index (χ1n) is 6.23. The molecule has 0 radical (unpaired) electrons. The van der Waals surface area contributed by atoms with Crippen molar-refractivity contribution in [1.29, 1.82) is 0 Å². The second kappa shape index (κ2) is 5.55. The van der Waals surface area contributed by atoms with Gasteiger partial charge in [-0.1, -0.05) is 6.07 Å². The first kappa shape index (κ1) is 15.0. The Labute approximate surface area is 120 Å². The summed E-state index contributed by atoms with van der Waals surface area (Å²) in [6.45, 7) is 3.65. The van der Waals surface area contributed by atoms with E-state index in [2.05, 4.69) is 10.2 Å². The average molecular weight is 293 g/mol. The third kappa shape index (κ3) is 3.59. The summed E-state index contributed by atoms with van der Waals surface area (Å²) in [5.74, 6) is 0. The van der Waals surface area contributed by atoms with Crippen molar-refractivity contribution in [2.45, 2.75) is 20.0 Å². The van der Waals surface area contributed by atoms with Gasteiger partial charge < -0.3 is 5.73 Å². The molecule has 0 aliphatic carbocycles. The Hall–Kier alpha value is -2.37. The van der Waals surface area contributed by atoms with Crippen LogP contribution < -0.4 is 5.73 Å². The molecule has 0 amide bonds. The van der Waals surface area contributed by atoms with Crippen LogP contribution in [0.25, 0.3) is 0 Å². The number of nitrogens with two attached hydrogens (primary N) is 1. The van der Waals surface area contributed by atoms with E-state index in [-0.39, 0.29) is 5.69 Å². The van der Waals surface area contributed by atoms with Crippen LogP contribution in [0.15, 0.2) is 46.6 Å². The summed E-state index contributed by atoms with van der Waals surface area (Å²) in [5, 5.41) is 7.87. The van der Waals surface area contributed by atoms with Gasteiger partial charge in [-0.3, -0.25) is 0 Å². The van der Waals surface area contributed by atoms with Crippen LogP contribution in [0.4, 0.5) is 30.2 Å². The molecule has 0 saturated carbocycles. The Morgan fingerprint density at radius 3 is 2.33 bits per heavy atom. The van der Waals surface area contributed by atoms with E-state index >= 15 is 0 Å². The number of hydrogen-bond acceptors (Lipinski definition) is 3. The van der Waals surface area contributed by atoms with Crippen LogP contribution in [0.3, 0.4) is 0 Å². The largest absolute Gasteiger partial charge is 0.416 e. The molecule has 0 fully saturated rings. The number of aryl methyl sites for hydroxylation is 2. The molecule has 0 atom stereocenters. The van der Waals surface area contributed by atoms with E-state index in [1.807, 2.05) is 13.8 Å². The Morgan fingerprint density at radius 1 is 0.952 bits per heavy atom. The third-order valence-electron chi connectivity index (χ3n) is 3.03. The molecule has 2 aromatic carbocycles. The first-order chi connectivity index (χ1) is 9.77. The lowest BCUT2D eigenvalue weighted by Gasteiger charge is -2.06. The van der Waals surface area contributed by atoms with Crippen LogP contribution in [0.1, 0.15) is 16.7 Å². The van der Waals surface area contributed by atoms with Crippen LogP contribution in [0.2, 0.25) is 0 Å². The predicted molar refractivity (Wildman–Crippen MR) is 75.9 cm³/mol. The van der Waals surface area contributed by atoms with Gasteiger partial charge in [0.05, 0.1) is 16.9 Å². The molecule has 2 N–H and O–H groups in total. The highest BCUT2D eigenvalue weighted by Crippen LogP contribution is 2.32. The van der Waals surface area contributed by atoms with E-state index < -0.39 is 11.7 Å². The summed E-state index contributed by atoms with van der Waals surface area (Å²) in [6, 6.07) is 8.24. The lowest BCUT2D eigenvalue weighted by Crippen LogP contribution is -2.03. The summed E-state index contributed by atoms with van der Waals surface area (Å²) in [7, 11) is 0. The van der Waals surface area contributed by atoms with Crippen molar-refractivity contribution in [2.75, 3.05) is 5.73 Å². The molecule has 21 heavy (non-hydrogen) atoms. The van der Waals surface area contributed by atoms with Crippen LogP contribution in [-0.2, 0) is 6.18 Å². The predicted octanol–water partition coefficient (Wildman–Crippen LogP) is 5.32. The molecule has 2 rings (SSSR count). The normalized spacial score (nSPS) is 12.0. The fourth-order valence-corrected chi connectivity index (χ4v) is 1.79. The van der Waals surface area contributed by atoms with Gasteiger partial charge in [-0.05, 0) is 55.3 Å². The van der Waals surface area contributed by atoms with Gasteiger partial charge in [0.25, 0.3) is 0 Å². The van der Waals surface area contributed by atoms with Crippen LogP contribution in [-0.4, -0.2) is 0 Å². The van der Waals surface area contributed by atoms with Gasteiger partial charge in [-0.2, -0.15) is 23.4 Å². The molecule has 0 unspecified atom stereocenters. The molecule has 0 bridgehead atoms. The molecule has 6 heteroatoms. The number of hydrogen-bond donors (Lipinski definition) is 1. The van der Waals surface area contributed by atoms with E-state index in [0.29, 0.717) is 11.4 Å². The molecular formula is C15H14F3N3. The van der Waals surface area contributed by atoms with Gasteiger partial charge in [0, 0.05) is 5.69 Å². The number of azo groups is 1. The minimum atomic E-state index is -4.39. The van der Waals surface area contributed by atoms with E-state index in [1.165, 1.54) is 12.1 Å². The monoisotopic (exact) mass is 293 g/mol. The van der Waals surface area contributed by atoms with Crippen molar-refractivity contribution in [3.63, 3.8) is 0 Å². The molecule has 0 aliphatic rings. The van der Waals surface area contributed by atoms with Crippen LogP contribution in [0.5, 0.6) is 0 Å². The van der Waals surface area contributed by atoms with E-state index in [9.17, 15) is 13.2 Å². The maximum Gasteiger partial charge on any atom is 0.416 e. The quantitative estimate of drug-likeness (QED) is 0.591. The first-order valence-corrected chi connectivity index (χ1v) is 6.23. The van der Waals surface area contributed by atoms with E-state index in [1.54, 1.807) is 12.1 Å². The number of halogens is 3. The Bertz CT molecular complexity index is 691. The summed E-state index contributed by atoms with van der Waals surface area (Å²) < 4.78 is 37.8. The molecule has 0 spiro atoms. The van der Waals surface area contributed by atoms with E-state index in [0.717, 1.165) is 23.3 Å². The van der Waals surface area contributed by atoms with Gasteiger partial charge in [-0.15, -0.1) is 0 Å². The number of alkyl halides is 3. The zero-order valence-electron chi connectivity index (χ0n) is 11.6.